The van der Waals surface area contributed by atoms with Crippen LogP contribution in [0.4, 0.5) is 0 Å². The van der Waals surface area contributed by atoms with Crippen LogP contribution in [-0.2, 0) is 28.5 Å². The van der Waals surface area contributed by atoms with Crippen LogP contribution >= 0.6 is 0 Å². The van der Waals surface area contributed by atoms with Gasteiger partial charge in [-0.05, 0) is 38.7 Å². The molecule has 0 N–H and O–H groups in total. The van der Waals surface area contributed by atoms with Crippen LogP contribution in [0.2, 0.25) is 0 Å². The van der Waals surface area contributed by atoms with Gasteiger partial charge < -0.3 is 18.9 Å². The molecule has 2 fully saturated rings. The molecule has 0 aromatic carbocycles. The maximum atomic E-state index is 11.8. The van der Waals surface area contributed by atoms with E-state index in [9.17, 15) is 9.59 Å². The summed E-state index contributed by atoms with van der Waals surface area (Å²) < 4.78 is 21.4. The van der Waals surface area contributed by atoms with Crippen molar-refractivity contribution < 1.29 is 28.5 Å². The molecule has 0 aromatic heterocycles. The van der Waals surface area contributed by atoms with E-state index in [4.69, 9.17) is 18.9 Å². The van der Waals surface area contributed by atoms with Crippen molar-refractivity contribution >= 4 is 11.9 Å². The molecule has 0 aromatic rings. The molecule has 23 heavy (non-hydrogen) atoms. The lowest BCUT2D eigenvalue weighted by atomic mass is 10.1. The SMILES string of the molecule is C=C(C)C(=O)OC1CCCC(/C=C/C(=O)OC2CCCCO2)O1. The Morgan fingerprint density at radius 2 is 1.87 bits per heavy atom. The van der Waals surface area contributed by atoms with Gasteiger partial charge in [-0.15, -0.1) is 0 Å². The van der Waals surface area contributed by atoms with Crippen LogP contribution in [0.15, 0.2) is 24.3 Å². The molecule has 2 heterocycles. The molecule has 128 valence electrons. The molecule has 0 aliphatic carbocycles. The fourth-order valence-electron chi connectivity index (χ4n) is 2.42. The predicted octanol–water partition coefficient (Wildman–Crippen LogP) is 2.63. The molecule has 6 nitrogen and oxygen atoms in total. The Kier molecular flexibility index (Phi) is 6.80. The smallest absolute Gasteiger partial charge is 0.335 e. The van der Waals surface area contributed by atoms with Crippen molar-refractivity contribution in [2.75, 3.05) is 6.61 Å². The summed E-state index contributed by atoms with van der Waals surface area (Å²) in [5.41, 5.74) is 0.335. The summed E-state index contributed by atoms with van der Waals surface area (Å²) in [7, 11) is 0. The van der Waals surface area contributed by atoms with E-state index in [0.29, 0.717) is 18.6 Å². The summed E-state index contributed by atoms with van der Waals surface area (Å²) >= 11 is 0. The fraction of sp³-hybridized carbons (Fsp3) is 0.647. The Balaban J connectivity index is 1.76. The highest BCUT2D eigenvalue weighted by Crippen LogP contribution is 2.21. The van der Waals surface area contributed by atoms with Crippen molar-refractivity contribution in [3.63, 3.8) is 0 Å². The first-order chi connectivity index (χ1) is 11.0. The van der Waals surface area contributed by atoms with Crippen LogP contribution in [-0.4, -0.2) is 37.2 Å². The number of esters is 2. The van der Waals surface area contributed by atoms with Crippen LogP contribution in [0.5, 0.6) is 0 Å². The molecule has 2 aliphatic rings. The maximum Gasteiger partial charge on any atom is 0.335 e. The van der Waals surface area contributed by atoms with E-state index in [-0.39, 0.29) is 6.10 Å². The first kappa shape index (κ1) is 17.7. The van der Waals surface area contributed by atoms with Gasteiger partial charge in [-0.1, -0.05) is 6.58 Å². The molecule has 2 aliphatic heterocycles. The Labute approximate surface area is 136 Å². The van der Waals surface area contributed by atoms with Gasteiger partial charge in [-0.3, -0.25) is 0 Å². The summed E-state index contributed by atoms with van der Waals surface area (Å²) in [6.07, 6.45) is 6.69. The van der Waals surface area contributed by atoms with Crippen molar-refractivity contribution in [2.24, 2.45) is 0 Å². The van der Waals surface area contributed by atoms with Gasteiger partial charge in [0.25, 0.3) is 0 Å². The molecule has 2 saturated heterocycles. The van der Waals surface area contributed by atoms with E-state index >= 15 is 0 Å². The Morgan fingerprint density at radius 1 is 1.09 bits per heavy atom. The van der Waals surface area contributed by atoms with Crippen LogP contribution in [0.1, 0.15) is 45.4 Å². The van der Waals surface area contributed by atoms with E-state index in [1.165, 1.54) is 6.08 Å². The molecule has 0 bridgehead atoms. The van der Waals surface area contributed by atoms with Crippen molar-refractivity contribution in [1.29, 1.82) is 0 Å². The van der Waals surface area contributed by atoms with E-state index in [0.717, 1.165) is 32.1 Å². The molecular weight excluding hydrogens is 300 g/mol. The molecular formula is C17H24O6. The largest absolute Gasteiger partial charge is 0.433 e. The van der Waals surface area contributed by atoms with Crippen LogP contribution in [0.3, 0.4) is 0 Å². The topological polar surface area (TPSA) is 71.1 Å². The average Bonchev–Trinajstić information content (AvgIpc) is 2.54. The number of rotatable bonds is 5. The Hall–Kier alpha value is -1.66. The molecule has 0 spiro atoms. The minimum atomic E-state index is -0.597. The van der Waals surface area contributed by atoms with Crippen molar-refractivity contribution in [1.82, 2.24) is 0 Å². The first-order valence-corrected chi connectivity index (χ1v) is 8.07. The molecule has 2 rings (SSSR count). The van der Waals surface area contributed by atoms with E-state index < -0.39 is 24.5 Å². The zero-order valence-electron chi connectivity index (χ0n) is 13.5. The molecule has 3 unspecified atom stereocenters. The number of ether oxygens (including phenoxy) is 4. The highest BCUT2D eigenvalue weighted by molar-refractivity contribution is 5.87. The quantitative estimate of drug-likeness (QED) is 0.572. The molecule has 0 radical (unpaired) electrons. The highest BCUT2D eigenvalue weighted by Gasteiger charge is 2.24. The van der Waals surface area contributed by atoms with Crippen molar-refractivity contribution in [3.8, 4) is 0 Å². The maximum absolute atomic E-state index is 11.8. The van der Waals surface area contributed by atoms with Crippen LogP contribution in [0.25, 0.3) is 0 Å². The lowest BCUT2D eigenvalue weighted by molar-refractivity contribution is -0.192. The van der Waals surface area contributed by atoms with Gasteiger partial charge in [0.1, 0.15) is 0 Å². The molecule has 6 heteroatoms. The minimum absolute atomic E-state index is 0.272. The Bertz CT molecular complexity index is 464. The summed E-state index contributed by atoms with van der Waals surface area (Å²) in [5.74, 6) is -0.907. The van der Waals surface area contributed by atoms with E-state index in [2.05, 4.69) is 6.58 Å². The lowest BCUT2D eigenvalue weighted by Crippen LogP contribution is -2.31. The van der Waals surface area contributed by atoms with Crippen molar-refractivity contribution in [2.45, 2.75) is 64.1 Å². The molecule has 3 atom stereocenters. The van der Waals surface area contributed by atoms with Gasteiger partial charge in [0.15, 0.2) is 0 Å². The summed E-state index contributed by atoms with van der Waals surface area (Å²) in [6, 6.07) is 0. The van der Waals surface area contributed by atoms with E-state index in [1.54, 1.807) is 13.0 Å². The van der Waals surface area contributed by atoms with Gasteiger partial charge in [0.05, 0.1) is 12.7 Å². The van der Waals surface area contributed by atoms with Gasteiger partial charge >= 0.3 is 11.9 Å². The van der Waals surface area contributed by atoms with E-state index in [1.807, 2.05) is 0 Å². The Morgan fingerprint density at radius 3 is 2.57 bits per heavy atom. The number of hydrogen-bond acceptors (Lipinski definition) is 6. The minimum Gasteiger partial charge on any atom is -0.433 e. The number of carbonyl (C=O) groups excluding carboxylic acids is 2. The normalized spacial score (nSPS) is 28.3. The second-order valence-corrected chi connectivity index (χ2v) is 5.81. The van der Waals surface area contributed by atoms with Gasteiger partial charge in [-0.25, -0.2) is 9.59 Å². The molecule has 0 saturated carbocycles. The lowest BCUT2D eigenvalue weighted by Gasteiger charge is -2.28. The second-order valence-electron chi connectivity index (χ2n) is 5.81. The second kappa shape index (κ2) is 8.84. The van der Waals surface area contributed by atoms with Crippen molar-refractivity contribution in [3.05, 3.63) is 24.3 Å². The summed E-state index contributed by atoms with van der Waals surface area (Å²) in [6.45, 7) is 5.75. The monoisotopic (exact) mass is 324 g/mol. The van der Waals surface area contributed by atoms with Gasteiger partial charge in [0, 0.05) is 24.5 Å². The highest BCUT2D eigenvalue weighted by atomic mass is 16.7. The fourth-order valence-corrected chi connectivity index (χ4v) is 2.42. The van der Waals surface area contributed by atoms with Gasteiger partial charge in [-0.2, -0.15) is 0 Å². The number of carbonyl (C=O) groups is 2. The summed E-state index contributed by atoms with van der Waals surface area (Å²) in [5, 5.41) is 0. The first-order valence-electron chi connectivity index (χ1n) is 8.07. The zero-order chi connectivity index (χ0) is 16.7. The zero-order valence-corrected chi connectivity index (χ0v) is 13.5. The third kappa shape index (κ3) is 6.15. The summed E-state index contributed by atoms with van der Waals surface area (Å²) in [4.78, 5) is 23.3. The standard InChI is InChI=1S/C17H24O6/c1-12(2)17(19)23-16-8-5-6-13(21-16)9-10-14(18)22-15-7-3-4-11-20-15/h9-10,13,15-16H,1,3-8,11H2,2H3/b10-9+. The predicted molar refractivity (Wildman–Crippen MR) is 82.2 cm³/mol. The third-order valence-corrected chi connectivity index (χ3v) is 3.67. The third-order valence-electron chi connectivity index (χ3n) is 3.67. The average molecular weight is 324 g/mol. The van der Waals surface area contributed by atoms with Crippen LogP contribution < -0.4 is 0 Å². The van der Waals surface area contributed by atoms with Gasteiger partial charge in [0.2, 0.25) is 12.6 Å². The molecule has 0 amide bonds. The van der Waals surface area contributed by atoms with Crippen LogP contribution in [0, 0.1) is 0 Å². The number of hydrogen-bond donors (Lipinski definition) is 0.